The Morgan fingerprint density at radius 1 is 1.03 bits per heavy atom. The maximum atomic E-state index is 12.7. The number of carbonyl (C=O) groups is 1. The summed E-state index contributed by atoms with van der Waals surface area (Å²) in [5.41, 5.74) is 1.58. The maximum absolute atomic E-state index is 12.7. The summed E-state index contributed by atoms with van der Waals surface area (Å²) in [5, 5.41) is 1.76. The normalized spacial score (nSPS) is 15.1. The van der Waals surface area contributed by atoms with E-state index in [1.165, 1.54) is 9.71 Å². The Labute approximate surface area is 177 Å². The number of hydrogen-bond acceptors (Lipinski definition) is 5. The molecule has 0 aliphatic carbocycles. The predicted octanol–water partition coefficient (Wildman–Crippen LogP) is 3.87. The summed E-state index contributed by atoms with van der Waals surface area (Å²) in [6.07, 6.45) is 2.68. The van der Waals surface area contributed by atoms with Crippen molar-refractivity contribution < 1.29 is 4.79 Å². The van der Waals surface area contributed by atoms with E-state index in [2.05, 4.69) is 22.1 Å². The lowest BCUT2D eigenvalue weighted by atomic mass is 9.97. The molecule has 0 saturated carbocycles. The van der Waals surface area contributed by atoms with Gasteiger partial charge >= 0.3 is 0 Å². The molecule has 1 fully saturated rings. The van der Waals surface area contributed by atoms with E-state index in [0.717, 1.165) is 31.4 Å². The summed E-state index contributed by atoms with van der Waals surface area (Å²) in [4.78, 5) is 38.9. The third-order valence-corrected chi connectivity index (χ3v) is 6.94. The molecule has 1 aliphatic heterocycles. The molecule has 1 saturated heterocycles. The van der Waals surface area contributed by atoms with Gasteiger partial charge in [0.1, 0.15) is 5.82 Å². The zero-order chi connectivity index (χ0) is 20.5. The van der Waals surface area contributed by atoms with E-state index in [9.17, 15) is 9.59 Å². The molecule has 0 atom stereocenters. The SMILES string of the molecule is O=C(CCc1nc2ccccc2c(=O)[nH]1)N1CCC(c2nc3ccccc3s2)CC1. The smallest absolute Gasteiger partial charge is 0.258 e. The van der Waals surface area contributed by atoms with Gasteiger partial charge in [-0.05, 0) is 37.1 Å². The molecule has 2 aromatic carbocycles. The lowest BCUT2D eigenvalue weighted by Gasteiger charge is -2.31. The molecule has 0 radical (unpaired) electrons. The Morgan fingerprint density at radius 2 is 1.77 bits per heavy atom. The van der Waals surface area contributed by atoms with Gasteiger partial charge in [0.15, 0.2) is 0 Å². The molecular formula is C23H22N4O2S. The van der Waals surface area contributed by atoms with E-state index >= 15 is 0 Å². The molecule has 2 aromatic heterocycles. The molecule has 4 aromatic rings. The number of nitrogens with one attached hydrogen (secondary N) is 1. The molecular weight excluding hydrogens is 396 g/mol. The summed E-state index contributed by atoms with van der Waals surface area (Å²) in [6, 6.07) is 15.5. The van der Waals surface area contributed by atoms with Gasteiger partial charge in [0, 0.05) is 31.8 Å². The van der Waals surface area contributed by atoms with Gasteiger partial charge < -0.3 is 9.88 Å². The third-order valence-electron chi connectivity index (χ3n) is 5.74. The van der Waals surface area contributed by atoms with Gasteiger partial charge in [0.25, 0.3) is 5.56 Å². The molecule has 1 N–H and O–H groups in total. The minimum atomic E-state index is -0.153. The lowest BCUT2D eigenvalue weighted by Crippen LogP contribution is -2.38. The van der Waals surface area contributed by atoms with Crippen LogP contribution in [-0.2, 0) is 11.2 Å². The number of aromatic amines is 1. The predicted molar refractivity (Wildman–Crippen MR) is 119 cm³/mol. The third kappa shape index (κ3) is 3.73. The fourth-order valence-corrected chi connectivity index (χ4v) is 5.21. The van der Waals surface area contributed by atoms with Crippen LogP contribution < -0.4 is 5.56 Å². The molecule has 5 rings (SSSR count). The Kier molecular flexibility index (Phi) is 5.04. The molecule has 0 bridgehead atoms. The van der Waals surface area contributed by atoms with E-state index in [4.69, 9.17) is 4.98 Å². The second-order valence-corrected chi connectivity index (χ2v) is 8.77. The van der Waals surface area contributed by atoms with Crippen molar-refractivity contribution in [3.63, 3.8) is 0 Å². The average Bonchev–Trinajstić information content (AvgIpc) is 3.22. The fraction of sp³-hybridized carbons (Fsp3) is 0.304. The second-order valence-electron chi connectivity index (χ2n) is 7.70. The van der Waals surface area contributed by atoms with Crippen molar-refractivity contribution in [3.05, 3.63) is 69.7 Å². The lowest BCUT2D eigenvalue weighted by molar-refractivity contribution is -0.132. The summed E-state index contributed by atoms with van der Waals surface area (Å²) < 4.78 is 1.22. The van der Waals surface area contributed by atoms with Crippen LogP contribution in [0, 0.1) is 0 Å². The van der Waals surface area contributed by atoms with Gasteiger partial charge in [-0.3, -0.25) is 9.59 Å². The number of para-hydroxylation sites is 2. The molecule has 3 heterocycles. The van der Waals surface area contributed by atoms with E-state index in [-0.39, 0.29) is 11.5 Å². The van der Waals surface area contributed by atoms with Crippen LogP contribution in [0.4, 0.5) is 0 Å². The summed E-state index contributed by atoms with van der Waals surface area (Å²) >= 11 is 1.77. The minimum Gasteiger partial charge on any atom is -0.343 e. The second kappa shape index (κ2) is 7.99. The minimum absolute atomic E-state index is 0.119. The van der Waals surface area contributed by atoms with Crippen molar-refractivity contribution in [1.29, 1.82) is 0 Å². The molecule has 6 nitrogen and oxygen atoms in total. The molecule has 7 heteroatoms. The summed E-state index contributed by atoms with van der Waals surface area (Å²) in [5.74, 6) is 1.11. The number of fused-ring (bicyclic) bond motifs is 2. The van der Waals surface area contributed by atoms with Crippen molar-refractivity contribution in [2.75, 3.05) is 13.1 Å². The standard InChI is InChI=1S/C23H22N4O2S/c28-21(10-9-20-24-17-6-2-1-5-16(17)22(29)26-20)27-13-11-15(12-14-27)23-25-18-7-3-4-8-19(18)30-23/h1-8,15H,9-14H2,(H,24,26,29). The van der Waals surface area contributed by atoms with E-state index < -0.39 is 0 Å². The highest BCUT2D eigenvalue weighted by molar-refractivity contribution is 7.18. The number of carbonyl (C=O) groups excluding carboxylic acids is 1. The van der Waals surface area contributed by atoms with Crippen molar-refractivity contribution >= 4 is 38.4 Å². The first-order chi connectivity index (χ1) is 14.7. The molecule has 30 heavy (non-hydrogen) atoms. The van der Waals surface area contributed by atoms with Crippen LogP contribution in [0.1, 0.15) is 36.0 Å². The quantitative estimate of drug-likeness (QED) is 0.546. The number of thiazole rings is 1. The number of likely N-dealkylation sites (tertiary alicyclic amines) is 1. The number of rotatable bonds is 4. The molecule has 1 aliphatic rings. The number of piperidine rings is 1. The van der Waals surface area contributed by atoms with Gasteiger partial charge in [-0.25, -0.2) is 9.97 Å². The number of hydrogen-bond donors (Lipinski definition) is 1. The zero-order valence-electron chi connectivity index (χ0n) is 16.5. The average molecular weight is 419 g/mol. The Bertz CT molecular complexity index is 1240. The van der Waals surface area contributed by atoms with E-state index in [1.807, 2.05) is 35.2 Å². The maximum Gasteiger partial charge on any atom is 0.258 e. The number of aryl methyl sites for hydroxylation is 1. The topological polar surface area (TPSA) is 79.0 Å². The van der Waals surface area contributed by atoms with E-state index in [0.29, 0.717) is 35.5 Å². The van der Waals surface area contributed by atoms with Crippen LogP contribution in [0.25, 0.3) is 21.1 Å². The largest absolute Gasteiger partial charge is 0.343 e. The highest BCUT2D eigenvalue weighted by atomic mass is 32.1. The van der Waals surface area contributed by atoms with Crippen molar-refractivity contribution in [2.45, 2.75) is 31.6 Å². The monoisotopic (exact) mass is 418 g/mol. The van der Waals surface area contributed by atoms with Crippen LogP contribution in [0.5, 0.6) is 0 Å². The molecule has 1 amide bonds. The zero-order valence-corrected chi connectivity index (χ0v) is 17.3. The first-order valence-corrected chi connectivity index (χ1v) is 11.1. The van der Waals surface area contributed by atoms with E-state index in [1.54, 1.807) is 17.4 Å². The van der Waals surface area contributed by atoms with Gasteiger partial charge in [-0.15, -0.1) is 11.3 Å². The van der Waals surface area contributed by atoms with Crippen molar-refractivity contribution in [3.8, 4) is 0 Å². The van der Waals surface area contributed by atoms with Crippen LogP contribution >= 0.6 is 11.3 Å². The van der Waals surface area contributed by atoms with Crippen LogP contribution in [-0.4, -0.2) is 38.8 Å². The van der Waals surface area contributed by atoms with Gasteiger partial charge in [0.05, 0.1) is 26.1 Å². The number of nitrogens with zero attached hydrogens (tertiary/aromatic N) is 3. The van der Waals surface area contributed by atoms with Gasteiger partial charge in [-0.2, -0.15) is 0 Å². The Hall–Kier alpha value is -3.06. The van der Waals surface area contributed by atoms with Crippen molar-refractivity contribution in [2.24, 2.45) is 0 Å². The summed E-state index contributed by atoms with van der Waals surface area (Å²) in [7, 11) is 0. The van der Waals surface area contributed by atoms with Crippen LogP contribution in [0.15, 0.2) is 53.3 Å². The summed E-state index contributed by atoms with van der Waals surface area (Å²) in [6.45, 7) is 1.50. The van der Waals surface area contributed by atoms with Crippen LogP contribution in [0.3, 0.4) is 0 Å². The molecule has 0 unspecified atom stereocenters. The molecule has 152 valence electrons. The van der Waals surface area contributed by atoms with Gasteiger partial charge in [-0.1, -0.05) is 24.3 Å². The number of H-pyrrole nitrogens is 1. The number of benzene rings is 2. The number of amides is 1. The van der Waals surface area contributed by atoms with Crippen LogP contribution in [0.2, 0.25) is 0 Å². The van der Waals surface area contributed by atoms with Gasteiger partial charge in [0.2, 0.25) is 5.91 Å². The highest BCUT2D eigenvalue weighted by Crippen LogP contribution is 2.33. The Balaban J connectivity index is 1.19. The highest BCUT2D eigenvalue weighted by Gasteiger charge is 2.25. The fourth-order valence-electron chi connectivity index (χ4n) is 4.08. The Morgan fingerprint density at radius 3 is 2.57 bits per heavy atom. The molecule has 0 spiro atoms. The first kappa shape index (κ1) is 18.9. The van der Waals surface area contributed by atoms with Crippen molar-refractivity contribution in [1.82, 2.24) is 19.9 Å². The number of aromatic nitrogens is 3. The first-order valence-electron chi connectivity index (χ1n) is 10.3.